The Kier molecular flexibility index (Phi) is 4.83. The third-order valence-electron chi connectivity index (χ3n) is 2.95. The second kappa shape index (κ2) is 6.60. The molecule has 0 aromatic heterocycles. The Bertz CT molecular complexity index is 537. The molecule has 0 saturated carbocycles. The molecule has 0 bridgehead atoms. The van der Waals surface area contributed by atoms with E-state index in [9.17, 15) is 0 Å². The Labute approximate surface area is 119 Å². The van der Waals surface area contributed by atoms with E-state index in [0.29, 0.717) is 11.6 Å². The highest BCUT2D eigenvalue weighted by atomic mass is 35.5. The molecule has 0 spiro atoms. The molecule has 19 heavy (non-hydrogen) atoms. The lowest BCUT2D eigenvalue weighted by molar-refractivity contribution is 0.304. The molecule has 0 amide bonds. The fraction of sp³-hybridized carbons (Fsp3) is 0.250. The molecule has 2 rings (SSSR count). The van der Waals surface area contributed by atoms with Gasteiger partial charge in [0.25, 0.3) is 0 Å². The summed E-state index contributed by atoms with van der Waals surface area (Å²) >= 11 is 5.97. The Morgan fingerprint density at radius 3 is 2.42 bits per heavy atom. The van der Waals surface area contributed by atoms with Gasteiger partial charge in [0.15, 0.2) is 0 Å². The maximum atomic E-state index is 5.97. The molecule has 0 aliphatic carbocycles. The quantitative estimate of drug-likeness (QED) is 0.892. The molecule has 1 N–H and O–H groups in total. The van der Waals surface area contributed by atoms with Gasteiger partial charge in [0.05, 0.1) is 0 Å². The van der Waals surface area contributed by atoms with Crippen LogP contribution >= 0.6 is 11.6 Å². The van der Waals surface area contributed by atoms with Gasteiger partial charge in [-0.15, -0.1) is 0 Å². The largest absolute Gasteiger partial charge is 0.489 e. The SMILES string of the molecule is CNCc1ccc(COc2cc(Cl)ccc2C)cc1. The average molecular weight is 276 g/mol. The Morgan fingerprint density at radius 2 is 1.74 bits per heavy atom. The predicted molar refractivity (Wildman–Crippen MR) is 79.7 cm³/mol. The fourth-order valence-corrected chi connectivity index (χ4v) is 2.01. The van der Waals surface area contributed by atoms with Crippen LogP contribution in [0.5, 0.6) is 5.75 Å². The first-order valence-corrected chi connectivity index (χ1v) is 6.68. The van der Waals surface area contributed by atoms with E-state index in [-0.39, 0.29) is 0 Å². The second-order valence-corrected chi connectivity index (χ2v) is 4.98. The van der Waals surface area contributed by atoms with Crippen LogP contribution in [0.4, 0.5) is 0 Å². The lowest BCUT2D eigenvalue weighted by Crippen LogP contribution is -2.05. The molecule has 0 saturated heterocycles. The van der Waals surface area contributed by atoms with Gasteiger partial charge >= 0.3 is 0 Å². The summed E-state index contributed by atoms with van der Waals surface area (Å²) < 4.78 is 5.80. The fourth-order valence-electron chi connectivity index (χ4n) is 1.85. The molecule has 0 aliphatic heterocycles. The van der Waals surface area contributed by atoms with Crippen molar-refractivity contribution in [3.63, 3.8) is 0 Å². The lowest BCUT2D eigenvalue weighted by Gasteiger charge is -2.10. The van der Waals surface area contributed by atoms with Crippen molar-refractivity contribution < 1.29 is 4.74 Å². The van der Waals surface area contributed by atoms with Gasteiger partial charge in [-0.1, -0.05) is 41.9 Å². The summed E-state index contributed by atoms with van der Waals surface area (Å²) in [6.45, 7) is 3.46. The zero-order valence-electron chi connectivity index (χ0n) is 11.2. The van der Waals surface area contributed by atoms with Crippen LogP contribution in [0.25, 0.3) is 0 Å². The zero-order valence-corrected chi connectivity index (χ0v) is 12.0. The van der Waals surface area contributed by atoms with Crippen molar-refractivity contribution in [3.8, 4) is 5.75 Å². The van der Waals surface area contributed by atoms with Crippen LogP contribution in [0, 0.1) is 6.92 Å². The molecule has 0 fully saturated rings. The van der Waals surface area contributed by atoms with Crippen molar-refractivity contribution in [2.45, 2.75) is 20.1 Å². The van der Waals surface area contributed by atoms with Gasteiger partial charge in [0.1, 0.15) is 12.4 Å². The number of hydrogen-bond acceptors (Lipinski definition) is 2. The first kappa shape index (κ1) is 13.9. The second-order valence-electron chi connectivity index (χ2n) is 4.55. The van der Waals surface area contributed by atoms with Crippen molar-refractivity contribution in [1.82, 2.24) is 5.32 Å². The monoisotopic (exact) mass is 275 g/mol. The highest BCUT2D eigenvalue weighted by Crippen LogP contribution is 2.23. The van der Waals surface area contributed by atoms with Crippen LogP contribution in [0.2, 0.25) is 5.02 Å². The maximum Gasteiger partial charge on any atom is 0.124 e. The van der Waals surface area contributed by atoms with E-state index in [1.165, 1.54) is 5.56 Å². The molecule has 0 heterocycles. The summed E-state index contributed by atoms with van der Waals surface area (Å²) in [4.78, 5) is 0. The maximum absolute atomic E-state index is 5.97. The molecule has 0 radical (unpaired) electrons. The minimum absolute atomic E-state index is 0.557. The molecular formula is C16H18ClNO. The Balaban J connectivity index is 2.00. The van der Waals surface area contributed by atoms with Crippen molar-refractivity contribution in [2.24, 2.45) is 0 Å². The normalized spacial score (nSPS) is 10.5. The topological polar surface area (TPSA) is 21.3 Å². The minimum Gasteiger partial charge on any atom is -0.489 e. The van der Waals surface area contributed by atoms with Gasteiger partial charge in [-0.05, 0) is 42.8 Å². The van der Waals surface area contributed by atoms with E-state index in [1.54, 1.807) is 0 Å². The summed E-state index contributed by atoms with van der Waals surface area (Å²) in [5.41, 5.74) is 3.51. The van der Waals surface area contributed by atoms with E-state index in [0.717, 1.165) is 23.4 Å². The minimum atomic E-state index is 0.557. The van der Waals surface area contributed by atoms with E-state index in [4.69, 9.17) is 16.3 Å². The lowest BCUT2D eigenvalue weighted by atomic mass is 10.1. The smallest absolute Gasteiger partial charge is 0.124 e. The number of nitrogens with one attached hydrogen (secondary N) is 1. The summed E-state index contributed by atoms with van der Waals surface area (Å²) in [5, 5.41) is 3.83. The van der Waals surface area contributed by atoms with Gasteiger partial charge in [-0.3, -0.25) is 0 Å². The first-order valence-electron chi connectivity index (χ1n) is 6.30. The number of ether oxygens (including phenoxy) is 1. The molecule has 0 unspecified atom stereocenters. The molecular weight excluding hydrogens is 258 g/mol. The van der Waals surface area contributed by atoms with Gasteiger partial charge in [-0.25, -0.2) is 0 Å². The third kappa shape index (κ3) is 3.98. The van der Waals surface area contributed by atoms with Gasteiger partial charge in [-0.2, -0.15) is 0 Å². The number of hydrogen-bond donors (Lipinski definition) is 1. The molecule has 0 atom stereocenters. The van der Waals surface area contributed by atoms with Crippen molar-refractivity contribution in [3.05, 3.63) is 64.2 Å². The number of benzene rings is 2. The third-order valence-corrected chi connectivity index (χ3v) is 3.18. The molecule has 100 valence electrons. The zero-order chi connectivity index (χ0) is 13.7. The molecule has 3 heteroatoms. The van der Waals surface area contributed by atoms with Crippen molar-refractivity contribution in [1.29, 1.82) is 0 Å². The van der Waals surface area contributed by atoms with Crippen LogP contribution < -0.4 is 10.1 Å². The van der Waals surface area contributed by atoms with E-state index < -0.39 is 0 Å². The summed E-state index contributed by atoms with van der Waals surface area (Å²) in [7, 11) is 1.94. The van der Waals surface area contributed by atoms with Crippen LogP contribution in [-0.2, 0) is 13.2 Å². The number of halogens is 1. The summed E-state index contributed by atoms with van der Waals surface area (Å²) in [5.74, 6) is 0.840. The highest BCUT2D eigenvalue weighted by molar-refractivity contribution is 6.30. The predicted octanol–water partition coefficient (Wildman–Crippen LogP) is 3.95. The van der Waals surface area contributed by atoms with Gasteiger partial charge < -0.3 is 10.1 Å². The highest BCUT2D eigenvalue weighted by Gasteiger charge is 2.01. The van der Waals surface area contributed by atoms with E-state index >= 15 is 0 Å². The molecule has 2 nitrogen and oxygen atoms in total. The Hall–Kier alpha value is -1.51. The van der Waals surface area contributed by atoms with E-state index in [1.807, 2.05) is 32.2 Å². The average Bonchev–Trinajstić information content (AvgIpc) is 2.42. The van der Waals surface area contributed by atoms with E-state index in [2.05, 4.69) is 29.6 Å². The standard InChI is InChI=1S/C16H18ClNO/c1-12-3-8-15(17)9-16(12)19-11-14-6-4-13(5-7-14)10-18-2/h3-9,18H,10-11H2,1-2H3. The summed E-state index contributed by atoms with van der Waals surface area (Å²) in [6, 6.07) is 14.1. The molecule has 0 aliphatic rings. The van der Waals surface area contributed by atoms with Crippen molar-refractivity contribution >= 4 is 11.6 Å². The molecule has 2 aromatic carbocycles. The van der Waals surface area contributed by atoms with Crippen molar-refractivity contribution in [2.75, 3.05) is 7.05 Å². The number of aryl methyl sites for hydroxylation is 1. The van der Waals surface area contributed by atoms with Crippen LogP contribution in [-0.4, -0.2) is 7.05 Å². The Morgan fingerprint density at radius 1 is 1.05 bits per heavy atom. The van der Waals surface area contributed by atoms with Crippen LogP contribution in [0.15, 0.2) is 42.5 Å². The van der Waals surface area contributed by atoms with Gasteiger partial charge in [0, 0.05) is 11.6 Å². The van der Waals surface area contributed by atoms with Gasteiger partial charge in [0.2, 0.25) is 0 Å². The molecule has 2 aromatic rings. The summed E-state index contributed by atoms with van der Waals surface area (Å²) in [6.07, 6.45) is 0. The number of rotatable bonds is 5. The first-order chi connectivity index (χ1) is 9.19. The van der Waals surface area contributed by atoms with Crippen LogP contribution in [0.1, 0.15) is 16.7 Å². The van der Waals surface area contributed by atoms with Crippen LogP contribution in [0.3, 0.4) is 0 Å².